The van der Waals surface area contributed by atoms with Gasteiger partial charge in [-0.15, -0.1) is 0 Å². The summed E-state index contributed by atoms with van der Waals surface area (Å²) >= 11 is 0. The molecule has 2 rings (SSSR count). The number of rotatable bonds is 4. The molecule has 0 saturated heterocycles. The van der Waals surface area contributed by atoms with Crippen LogP contribution in [0.5, 0.6) is 0 Å². The van der Waals surface area contributed by atoms with Crippen LogP contribution in [-0.2, 0) is 17.1 Å². The molecule has 0 atom stereocenters. The maximum Gasteiger partial charge on any atom is 0.271 e. The van der Waals surface area contributed by atoms with E-state index in [2.05, 4.69) is 9.82 Å². The van der Waals surface area contributed by atoms with E-state index < -0.39 is 14.9 Å². The number of aromatic nitrogens is 2. The molecule has 0 aliphatic carbocycles. The molecule has 0 radical (unpaired) electrons. The molecular weight excluding hydrogens is 296 g/mol. The van der Waals surface area contributed by atoms with Crippen LogP contribution in [0.4, 0.5) is 11.4 Å². The summed E-state index contributed by atoms with van der Waals surface area (Å²) in [5, 5.41) is 14.8. The van der Waals surface area contributed by atoms with Crippen LogP contribution in [0.1, 0.15) is 11.4 Å². The smallest absolute Gasteiger partial charge is 0.271 e. The molecule has 0 bridgehead atoms. The number of nitrogens with zero attached hydrogens (tertiary/aromatic N) is 3. The number of aryl methyl sites for hydroxylation is 2. The molecule has 0 aliphatic heterocycles. The predicted octanol–water partition coefficient (Wildman–Crippen LogP) is 1.75. The molecule has 0 saturated carbocycles. The van der Waals surface area contributed by atoms with Gasteiger partial charge in [-0.25, -0.2) is 8.42 Å². The van der Waals surface area contributed by atoms with Gasteiger partial charge in [-0.05, 0) is 19.9 Å². The van der Waals surface area contributed by atoms with E-state index in [-0.39, 0.29) is 16.3 Å². The maximum atomic E-state index is 12.4. The summed E-state index contributed by atoms with van der Waals surface area (Å²) in [6.07, 6.45) is 0. The van der Waals surface area contributed by atoms with Crippen molar-refractivity contribution >= 4 is 21.4 Å². The quantitative estimate of drug-likeness (QED) is 0.683. The van der Waals surface area contributed by atoms with Crippen LogP contribution in [0.25, 0.3) is 0 Å². The van der Waals surface area contributed by atoms with Crippen molar-refractivity contribution < 1.29 is 13.3 Å². The van der Waals surface area contributed by atoms with E-state index in [1.165, 1.54) is 28.9 Å². The van der Waals surface area contributed by atoms with E-state index in [9.17, 15) is 18.5 Å². The third kappa shape index (κ3) is 2.87. The fourth-order valence-electron chi connectivity index (χ4n) is 2.03. The lowest BCUT2D eigenvalue weighted by molar-refractivity contribution is -0.384. The van der Waals surface area contributed by atoms with Gasteiger partial charge >= 0.3 is 0 Å². The highest BCUT2D eigenvalue weighted by Gasteiger charge is 2.24. The van der Waals surface area contributed by atoms with Crippen molar-refractivity contribution in [2.45, 2.75) is 18.7 Å². The van der Waals surface area contributed by atoms with E-state index in [4.69, 9.17) is 0 Å². The Hall–Kier alpha value is -2.42. The average molecular weight is 310 g/mol. The van der Waals surface area contributed by atoms with Crippen molar-refractivity contribution in [1.82, 2.24) is 9.78 Å². The van der Waals surface area contributed by atoms with Crippen molar-refractivity contribution in [2.75, 3.05) is 4.72 Å². The molecular formula is C12H14N4O4S. The van der Waals surface area contributed by atoms with Gasteiger partial charge in [0.1, 0.15) is 4.90 Å². The summed E-state index contributed by atoms with van der Waals surface area (Å²) < 4.78 is 28.6. The summed E-state index contributed by atoms with van der Waals surface area (Å²) in [5.41, 5.74) is 0.806. The lowest BCUT2D eigenvalue weighted by atomic mass is 10.3. The first-order valence-corrected chi connectivity index (χ1v) is 7.48. The maximum absolute atomic E-state index is 12.4. The lowest BCUT2D eigenvalue weighted by Gasteiger charge is -2.08. The number of benzene rings is 1. The highest BCUT2D eigenvalue weighted by molar-refractivity contribution is 7.92. The second kappa shape index (κ2) is 5.17. The molecule has 8 nitrogen and oxygen atoms in total. The van der Waals surface area contributed by atoms with Gasteiger partial charge in [-0.3, -0.25) is 19.5 Å². The summed E-state index contributed by atoms with van der Waals surface area (Å²) in [6.45, 7) is 3.23. The van der Waals surface area contributed by atoms with Crippen LogP contribution in [0, 0.1) is 24.0 Å². The number of hydrogen-bond acceptors (Lipinski definition) is 5. The monoisotopic (exact) mass is 310 g/mol. The molecule has 0 spiro atoms. The largest absolute Gasteiger partial charge is 0.279 e. The number of non-ortho nitro benzene ring substituents is 1. The van der Waals surface area contributed by atoms with Crippen molar-refractivity contribution in [3.05, 3.63) is 45.8 Å². The first-order valence-electron chi connectivity index (χ1n) is 6.00. The Labute approximate surface area is 121 Å². The van der Waals surface area contributed by atoms with Crippen LogP contribution in [0.2, 0.25) is 0 Å². The van der Waals surface area contributed by atoms with Gasteiger partial charge in [-0.2, -0.15) is 5.10 Å². The van der Waals surface area contributed by atoms with Crippen molar-refractivity contribution in [3.8, 4) is 0 Å². The van der Waals surface area contributed by atoms with E-state index in [0.717, 1.165) is 0 Å². The Balaban J connectivity index is 2.42. The summed E-state index contributed by atoms with van der Waals surface area (Å²) in [4.78, 5) is 10.2. The van der Waals surface area contributed by atoms with Crippen molar-refractivity contribution in [1.29, 1.82) is 0 Å². The molecule has 2 aromatic rings. The highest BCUT2D eigenvalue weighted by atomic mass is 32.2. The molecule has 1 aromatic carbocycles. The highest BCUT2D eigenvalue weighted by Crippen LogP contribution is 2.24. The van der Waals surface area contributed by atoms with Gasteiger partial charge in [-0.1, -0.05) is 6.07 Å². The van der Waals surface area contributed by atoms with Crippen LogP contribution >= 0.6 is 0 Å². The fraction of sp³-hybridized carbons (Fsp3) is 0.250. The summed E-state index contributed by atoms with van der Waals surface area (Å²) in [6, 6.07) is 5.32. The lowest BCUT2D eigenvalue weighted by Crippen LogP contribution is -2.15. The van der Waals surface area contributed by atoms with E-state index in [1.54, 1.807) is 20.9 Å². The second-order valence-corrected chi connectivity index (χ2v) is 6.16. The minimum atomic E-state index is -3.85. The van der Waals surface area contributed by atoms with E-state index >= 15 is 0 Å². The Kier molecular flexibility index (Phi) is 3.69. The molecule has 1 aromatic heterocycles. The van der Waals surface area contributed by atoms with E-state index in [0.29, 0.717) is 11.4 Å². The van der Waals surface area contributed by atoms with Gasteiger partial charge < -0.3 is 0 Å². The topological polar surface area (TPSA) is 107 Å². The van der Waals surface area contributed by atoms with Crippen molar-refractivity contribution in [2.24, 2.45) is 7.05 Å². The Morgan fingerprint density at radius 3 is 2.52 bits per heavy atom. The van der Waals surface area contributed by atoms with Gasteiger partial charge in [0, 0.05) is 19.2 Å². The third-order valence-electron chi connectivity index (χ3n) is 3.02. The Morgan fingerprint density at radius 1 is 1.33 bits per heavy atom. The zero-order chi connectivity index (χ0) is 15.8. The fourth-order valence-corrected chi connectivity index (χ4v) is 3.52. The van der Waals surface area contributed by atoms with E-state index in [1.807, 2.05) is 0 Å². The number of nitro benzene ring substituents is 1. The summed E-state index contributed by atoms with van der Waals surface area (Å²) in [7, 11) is -2.20. The normalized spacial score (nSPS) is 11.4. The molecule has 1 heterocycles. The van der Waals surface area contributed by atoms with Crippen molar-refractivity contribution in [3.63, 3.8) is 0 Å². The van der Waals surface area contributed by atoms with Gasteiger partial charge in [0.2, 0.25) is 0 Å². The molecule has 0 aliphatic rings. The predicted molar refractivity (Wildman–Crippen MR) is 76.6 cm³/mol. The molecule has 1 N–H and O–H groups in total. The van der Waals surface area contributed by atoms with Crippen LogP contribution in [0.15, 0.2) is 29.2 Å². The minimum Gasteiger partial charge on any atom is -0.279 e. The standard InChI is InChI=1S/C12H14N4O4S/c1-8-12(9(2)15(3)13-8)21(19,20)14-10-5-4-6-11(7-10)16(17)18/h4-7,14H,1-3H3. The number of anilines is 1. The first-order chi connectivity index (χ1) is 9.72. The molecule has 112 valence electrons. The Bertz CT molecular complexity index is 811. The molecule has 0 unspecified atom stereocenters. The minimum absolute atomic E-state index is 0.0801. The SMILES string of the molecule is Cc1nn(C)c(C)c1S(=O)(=O)Nc1cccc([N+](=O)[O-])c1. The third-order valence-corrected chi connectivity index (χ3v) is 4.65. The Morgan fingerprint density at radius 2 is 2.00 bits per heavy atom. The molecule has 9 heteroatoms. The molecule has 0 amide bonds. The number of nitro groups is 1. The zero-order valence-corrected chi connectivity index (χ0v) is 12.5. The van der Waals surface area contributed by atoms with Crippen LogP contribution < -0.4 is 4.72 Å². The number of nitrogens with one attached hydrogen (secondary N) is 1. The molecule has 0 fully saturated rings. The number of sulfonamides is 1. The number of hydrogen-bond donors (Lipinski definition) is 1. The van der Waals surface area contributed by atoms with Crippen LogP contribution in [-0.4, -0.2) is 23.1 Å². The van der Waals surface area contributed by atoms with Gasteiger partial charge in [0.25, 0.3) is 15.7 Å². The summed E-state index contributed by atoms with van der Waals surface area (Å²) in [5.74, 6) is 0. The first kappa shape index (κ1) is 15.0. The molecule has 21 heavy (non-hydrogen) atoms. The second-order valence-electron chi connectivity index (χ2n) is 4.54. The average Bonchev–Trinajstić information content (AvgIpc) is 2.63. The zero-order valence-electron chi connectivity index (χ0n) is 11.7. The van der Waals surface area contributed by atoms with Gasteiger partial charge in [0.05, 0.1) is 22.0 Å². The van der Waals surface area contributed by atoms with Gasteiger partial charge in [0.15, 0.2) is 0 Å². The van der Waals surface area contributed by atoms with Crippen LogP contribution in [0.3, 0.4) is 0 Å².